The van der Waals surface area contributed by atoms with Crippen LogP contribution in [0.15, 0.2) is 131 Å². The van der Waals surface area contributed by atoms with Crippen molar-refractivity contribution in [2.75, 3.05) is 9.80 Å². The molecule has 0 aliphatic carbocycles. The van der Waals surface area contributed by atoms with Crippen molar-refractivity contribution in [3.8, 4) is 44.5 Å². The Hall–Kier alpha value is -4.96. The zero-order chi connectivity index (χ0) is 42.7. The molecule has 0 saturated carbocycles. The minimum atomic E-state index is -0.0966. The topological polar surface area (TPSA) is 31.2 Å². The van der Waals surface area contributed by atoms with Crippen molar-refractivity contribution in [2.24, 2.45) is 9.98 Å². The van der Waals surface area contributed by atoms with Crippen molar-refractivity contribution < 1.29 is 0 Å². The largest absolute Gasteiger partial charge is 0.322 e. The molecule has 2 aliphatic heterocycles. The highest BCUT2D eigenvalue weighted by Gasteiger charge is 2.57. The van der Waals surface area contributed by atoms with E-state index in [1.165, 1.54) is 67.6 Å². The number of rotatable bonds is 16. The van der Waals surface area contributed by atoms with Gasteiger partial charge < -0.3 is 9.80 Å². The summed E-state index contributed by atoms with van der Waals surface area (Å²) in [6.45, 7) is 23.4. The molecule has 314 valence electrons. The van der Waals surface area contributed by atoms with Crippen LogP contribution in [0.4, 0.5) is 11.4 Å². The lowest BCUT2D eigenvalue weighted by Gasteiger charge is -2.49. The molecule has 5 aromatic rings. The van der Waals surface area contributed by atoms with E-state index in [2.05, 4.69) is 200 Å². The van der Waals surface area contributed by atoms with E-state index in [0.717, 1.165) is 64.2 Å². The van der Waals surface area contributed by atoms with Crippen LogP contribution < -0.4 is 9.80 Å². The number of anilines is 2. The Bertz CT molecular complexity index is 2180. The van der Waals surface area contributed by atoms with Crippen LogP contribution in [0.1, 0.15) is 133 Å². The molecular formula is C56H70N4. The number of amidine groups is 2. The average Bonchev–Trinajstić information content (AvgIpc) is 3.79. The van der Waals surface area contributed by atoms with Gasteiger partial charge in [0.2, 0.25) is 0 Å². The maximum atomic E-state index is 5.59. The molecule has 0 radical (unpaired) electrons. The molecule has 0 N–H and O–H groups in total. The number of nitrogens with zero attached hydrogens (tertiary/aromatic N) is 4. The Morgan fingerprint density at radius 1 is 0.333 bits per heavy atom. The molecule has 2 heterocycles. The molecule has 0 unspecified atom stereocenters. The lowest BCUT2D eigenvalue weighted by Crippen LogP contribution is -2.59. The summed E-state index contributed by atoms with van der Waals surface area (Å²) in [4.78, 5) is 16.5. The molecule has 0 bridgehead atoms. The fourth-order valence-electron chi connectivity index (χ4n) is 11.8. The van der Waals surface area contributed by atoms with Gasteiger partial charge in [-0.25, -0.2) is 0 Å². The van der Waals surface area contributed by atoms with Crippen LogP contribution in [0.5, 0.6) is 0 Å². The van der Waals surface area contributed by atoms with Gasteiger partial charge in [-0.15, -0.1) is 0 Å². The van der Waals surface area contributed by atoms with Crippen molar-refractivity contribution in [1.82, 2.24) is 0 Å². The van der Waals surface area contributed by atoms with E-state index < -0.39 is 0 Å². The van der Waals surface area contributed by atoms with E-state index in [1.807, 2.05) is 0 Å². The summed E-state index contributed by atoms with van der Waals surface area (Å²) in [5, 5.41) is 0. The van der Waals surface area contributed by atoms with Gasteiger partial charge in [0.1, 0.15) is 11.7 Å². The van der Waals surface area contributed by atoms with Gasteiger partial charge in [0.25, 0.3) is 0 Å². The van der Waals surface area contributed by atoms with Crippen molar-refractivity contribution >= 4 is 23.0 Å². The Kier molecular flexibility index (Phi) is 12.6. The first-order chi connectivity index (χ1) is 29.1. The quantitative estimate of drug-likeness (QED) is 0.0995. The zero-order valence-corrected chi connectivity index (χ0v) is 38.4. The second kappa shape index (κ2) is 17.6. The average molecular weight is 799 g/mol. The van der Waals surface area contributed by atoms with Crippen LogP contribution in [-0.4, -0.2) is 33.8 Å². The van der Waals surface area contributed by atoms with Gasteiger partial charge in [-0.2, -0.15) is 0 Å². The summed E-state index contributed by atoms with van der Waals surface area (Å²) < 4.78 is 0. The Balaban J connectivity index is 1.39. The van der Waals surface area contributed by atoms with E-state index in [0.29, 0.717) is 0 Å². The monoisotopic (exact) mass is 799 g/mol. The molecule has 4 nitrogen and oxygen atoms in total. The standard InChI is InChI=1S/C56H70N4/c1-11-51-57-53(13-3,14-4)55(17-7,18-8)59(51)49-30-24-28-44(39-49)47-36-46(43-34-32-42(33-35-43)41-26-22-21-23-27-41)37-48(38-47)45-29-25-31-50(40-45)60-52(12-2)58-54(15-5,16-6)56(60,19-9)20-10/h21-40H,11-20H2,1-10H3. The lowest BCUT2D eigenvalue weighted by atomic mass is 9.70. The predicted octanol–water partition coefficient (Wildman–Crippen LogP) is 15.8. The second-order valence-electron chi connectivity index (χ2n) is 17.2. The molecule has 7 rings (SSSR count). The highest BCUT2D eigenvalue weighted by atomic mass is 15.4. The van der Waals surface area contributed by atoms with Gasteiger partial charge in [0.05, 0.1) is 22.2 Å². The smallest absolute Gasteiger partial charge is 0.104 e. The molecule has 4 heteroatoms. The summed E-state index contributed by atoms with van der Waals surface area (Å²) in [5.41, 5.74) is 11.9. The van der Waals surface area contributed by atoms with Gasteiger partial charge in [-0.3, -0.25) is 9.98 Å². The molecule has 0 aromatic heterocycles. The lowest BCUT2D eigenvalue weighted by molar-refractivity contribution is 0.212. The van der Waals surface area contributed by atoms with E-state index in [4.69, 9.17) is 9.98 Å². The normalized spacial score (nSPS) is 17.5. The van der Waals surface area contributed by atoms with Crippen LogP contribution in [0, 0.1) is 0 Å². The number of hydrogen-bond acceptors (Lipinski definition) is 4. The summed E-state index contributed by atoms with van der Waals surface area (Å²) >= 11 is 0. The maximum absolute atomic E-state index is 5.59. The summed E-state index contributed by atoms with van der Waals surface area (Å²) in [6.07, 6.45) is 10.2. The van der Waals surface area contributed by atoms with Crippen LogP contribution in [0.25, 0.3) is 44.5 Å². The first-order valence-electron chi connectivity index (χ1n) is 23.4. The number of benzene rings is 5. The Labute approximate surface area is 362 Å². The van der Waals surface area contributed by atoms with Crippen LogP contribution >= 0.6 is 0 Å². The van der Waals surface area contributed by atoms with Gasteiger partial charge >= 0.3 is 0 Å². The third-order valence-electron chi connectivity index (χ3n) is 15.2. The van der Waals surface area contributed by atoms with Gasteiger partial charge in [-0.1, -0.05) is 148 Å². The molecule has 60 heavy (non-hydrogen) atoms. The van der Waals surface area contributed by atoms with Crippen LogP contribution in [0.3, 0.4) is 0 Å². The molecule has 0 fully saturated rings. The summed E-state index contributed by atoms with van der Waals surface area (Å²) in [6, 6.07) is 45.6. The first-order valence-corrected chi connectivity index (χ1v) is 23.4. The van der Waals surface area contributed by atoms with Crippen molar-refractivity contribution in [2.45, 2.75) is 156 Å². The molecule has 2 aliphatic rings. The third-order valence-corrected chi connectivity index (χ3v) is 15.2. The fraction of sp³-hybridized carbons (Fsp3) is 0.429. The fourth-order valence-corrected chi connectivity index (χ4v) is 11.8. The van der Waals surface area contributed by atoms with E-state index in [9.17, 15) is 0 Å². The molecule has 5 aromatic carbocycles. The molecule has 0 spiro atoms. The Morgan fingerprint density at radius 3 is 1.02 bits per heavy atom. The van der Waals surface area contributed by atoms with E-state index in [1.54, 1.807) is 0 Å². The van der Waals surface area contributed by atoms with Crippen LogP contribution in [0.2, 0.25) is 0 Å². The third kappa shape index (κ3) is 6.83. The molecular weight excluding hydrogens is 729 g/mol. The highest BCUT2D eigenvalue weighted by Crippen LogP contribution is 2.52. The van der Waals surface area contributed by atoms with Crippen molar-refractivity contribution in [3.63, 3.8) is 0 Å². The van der Waals surface area contributed by atoms with Gasteiger partial charge in [0, 0.05) is 24.2 Å². The van der Waals surface area contributed by atoms with E-state index >= 15 is 0 Å². The number of hydrogen-bond donors (Lipinski definition) is 0. The molecule has 0 saturated heterocycles. The van der Waals surface area contributed by atoms with E-state index in [-0.39, 0.29) is 22.2 Å². The van der Waals surface area contributed by atoms with Gasteiger partial charge in [-0.05, 0) is 138 Å². The second-order valence-corrected chi connectivity index (χ2v) is 17.2. The Morgan fingerprint density at radius 2 is 0.667 bits per heavy atom. The zero-order valence-electron chi connectivity index (χ0n) is 38.4. The molecule has 0 atom stereocenters. The predicted molar refractivity (Wildman–Crippen MR) is 262 cm³/mol. The molecule has 0 amide bonds. The number of aliphatic imine (C=N–C) groups is 2. The highest BCUT2D eigenvalue weighted by molar-refractivity contribution is 6.03. The summed E-state index contributed by atoms with van der Waals surface area (Å²) in [7, 11) is 0. The SMILES string of the molecule is CCC1=NC(CC)(CC)C(CC)(CC)N1c1cccc(-c2cc(-c3ccc(-c4ccccc4)cc3)cc(-c3cccc(N4C(CC)=NC(CC)(CC)C4(CC)CC)c3)c2)c1. The van der Waals surface area contributed by atoms with Crippen LogP contribution in [-0.2, 0) is 0 Å². The summed E-state index contributed by atoms with van der Waals surface area (Å²) in [5.74, 6) is 2.43. The first kappa shape index (κ1) is 43.1. The minimum Gasteiger partial charge on any atom is -0.322 e. The minimum absolute atomic E-state index is 0.0655. The van der Waals surface area contributed by atoms with Crippen molar-refractivity contribution in [1.29, 1.82) is 0 Å². The van der Waals surface area contributed by atoms with Crippen molar-refractivity contribution in [3.05, 3.63) is 121 Å². The maximum Gasteiger partial charge on any atom is 0.104 e. The van der Waals surface area contributed by atoms with Gasteiger partial charge in [0.15, 0.2) is 0 Å².